The van der Waals surface area contributed by atoms with Crippen molar-refractivity contribution < 1.29 is 33.8 Å². The van der Waals surface area contributed by atoms with Gasteiger partial charge in [0.15, 0.2) is 5.75 Å². The van der Waals surface area contributed by atoms with Gasteiger partial charge in [0.1, 0.15) is 35.0 Å². The second kappa shape index (κ2) is 13.0. The number of benzene rings is 3. The molecule has 55 heavy (non-hydrogen) atoms. The molecule has 15 nitrogen and oxygen atoms in total. The molecule has 4 amide bonds. The number of likely N-dealkylation sites (tertiary alicyclic amines) is 2. The maximum Gasteiger partial charge on any atom is 0.407 e. The number of carboxylic acid groups (broad SMARTS) is 1. The molecule has 4 aliphatic rings. The van der Waals surface area contributed by atoms with E-state index in [2.05, 4.69) is 15.3 Å². The Bertz CT molecular complexity index is 2360. The molecule has 4 heterocycles. The summed E-state index contributed by atoms with van der Waals surface area (Å²) in [6.45, 7) is 3.30. The molecule has 2 saturated carbocycles. The number of nitrogens with zero attached hydrogens (tertiary/aromatic N) is 5. The Hall–Kier alpha value is -6.12. The van der Waals surface area contributed by atoms with Crippen LogP contribution < -0.4 is 10.1 Å². The van der Waals surface area contributed by atoms with Gasteiger partial charge in [-0.2, -0.15) is 0 Å². The molecule has 2 aliphatic carbocycles. The van der Waals surface area contributed by atoms with Crippen LogP contribution in [0.1, 0.15) is 63.3 Å². The monoisotopic (exact) mass is 746 g/mol. The lowest BCUT2D eigenvalue weighted by atomic mass is 10.1. The zero-order valence-electron chi connectivity index (χ0n) is 30.9. The maximum absolute atomic E-state index is 13.5. The van der Waals surface area contributed by atoms with E-state index in [-0.39, 0.29) is 36.0 Å². The number of rotatable bonds is 9. The Morgan fingerprint density at radius 2 is 1.47 bits per heavy atom. The van der Waals surface area contributed by atoms with E-state index < -0.39 is 24.3 Å². The zero-order chi connectivity index (χ0) is 38.3. The third-order valence-corrected chi connectivity index (χ3v) is 11.9. The van der Waals surface area contributed by atoms with Crippen LogP contribution in [-0.2, 0) is 14.3 Å². The molecular weight excluding hydrogens is 704 g/mol. The predicted molar refractivity (Wildman–Crippen MR) is 200 cm³/mol. The van der Waals surface area contributed by atoms with Gasteiger partial charge in [-0.15, -0.1) is 0 Å². The number of nitrogens with one attached hydrogen (secondary N) is 3. The number of carbonyl (C=O) groups excluding carboxylic acids is 3. The second-order valence-corrected chi connectivity index (χ2v) is 15.3. The number of hydrogen-bond donors (Lipinski definition) is 4. The first-order valence-corrected chi connectivity index (χ1v) is 18.7. The number of methoxy groups -OCH3 is 1. The third-order valence-electron chi connectivity index (χ3n) is 11.9. The van der Waals surface area contributed by atoms with E-state index in [0.717, 1.165) is 58.3 Å². The number of aromatic nitrogens is 4. The van der Waals surface area contributed by atoms with Crippen molar-refractivity contribution in [3.8, 4) is 22.6 Å². The number of H-pyrrole nitrogens is 2. The molecule has 4 fully saturated rings. The van der Waals surface area contributed by atoms with Crippen LogP contribution in [0.3, 0.4) is 0 Å². The summed E-state index contributed by atoms with van der Waals surface area (Å²) in [6.07, 6.45) is 1.71. The van der Waals surface area contributed by atoms with Crippen molar-refractivity contribution in [1.29, 1.82) is 0 Å². The summed E-state index contributed by atoms with van der Waals surface area (Å²) in [5.41, 5.74) is 5.06. The quantitative estimate of drug-likeness (QED) is 0.141. The van der Waals surface area contributed by atoms with Crippen LogP contribution >= 0.6 is 0 Å². The number of piperidine rings is 2. The average molecular weight is 747 g/mol. The Morgan fingerprint density at radius 3 is 2.15 bits per heavy atom. The fourth-order valence-corrected chi connectivity index (χ4v) is 8.57. The molecule has 0 bridgehead atoms. The minimum Gasteiger partial charge on any atom is -0.465 e. The van der Waals surface area contributed by atoms with Crippen LogP contribution in [0.4, 0.5) is 9.59 Å². The van der Waals surface area contributed by atoms with Crippen molar-refractivity contribution in [3.05, 3.63) is 72.3 Å². The van der Waals surface area contributed by atoms with Gasteiger partial charge in [-0.3, -0.25) is 14.5 Å². The number of carbonyl (C=O) groups is 4. The largest absolute Gasteiger partial charge is 0.465 e. The summed E-state index contributed by atoms with van der Waals surface area (Å²) in [5.74, 6) is 3.09. The average Bonchev–Trinajstić information content (AvgIpc) is 3.84. The third kappa shape index (κ3) is 6.07. The van der Waals surface area contributed by atoms with Gasteiger partial charge in [-0.1, -0.05) is 24.3 Å². The maximum atomic E-state index is 13.5. The van der Waals surface area contributed by atoms with Gasteiger partial charge in [-0.05, 0) is 98.9 Å². The van der Waals surface area contributed by atoms with Crippen molar-refractivity contribution in [2.75, 3.05) is 14.2 Å². The highest BCUT2D eigenvalue weighted by atomic mass is 16.5. The Morgan fingerprint density at radius 1 is 0.836 bits per heavy atom. The number of hydrogen-bond acceptors (Lipinski definition) is 8. The van der Waals surface area contributed by atoms with Crippen LogP contribution in [0.5, 0.6) is 11.5 Å². The summed E-state index contributed by atoms with van der Waals surface area (Å²) in [5, 5.41) is 12.0. The predicted octanol–water partition coefficient (Wildman–Crippen LogP) is 5.97. The molecular formula is C40H42N8O7. The normalized spacial score (nSPS) is 24.6. The van der Waals surface area contributed by atoms with E-state index in [9.17, 15) is 24.3 Å². The second-order valence-electron chi connectivity index (χ2n) is 15.3. The fraction of sp³-hybridized carbons (Fsp3) is 0.400. The van der Waals surface area contributed by atoms with Gasteiger partial charge in [0.2, 0.25) is 11.8 Å². The van der Waals surface area contributed by atoms with Gasteiger partial charge < -0.3 is 39.7 Å². The number of alkyl carbamates (subject to hydrolysis) is 1. The first-order valence-electron chi connectivity index (χ1n) is 18.7. The van der Waals surface area contributed by atoms with E-state index in [0.29, 0.717) is 40.5 Å². The van der Waals surface area contributed by atoms with E-state index >= 15 is 0 Å². The molecule has 2 aliphatic heterocycles. The highest BCUT2D eigenvalue weighted by Crippen LogP contribution is 2.54. The first-order chi connectivity index (χ1) is 26.5. The molecule has 1 unspecified atom stereocenters. The highest BCUT2D eigenvalue weighted by Gasteiger charge is 2.57. The fourth-order valence-electron chi connectivity index (χ4n) is 8.57. The number of likely N-dealkylation sites (N-methyl/N-ethyl adjacent to an activating group) is 1. The lowest BCUT2D eigenvalue weighted by Gasteiger charge is -2.31. The molecule has 5 aromatic rings. The van der Waals surface area contributed by atoms with Crippen molar-refractivity contribution >= 4 is 46.1 Å². The van der Waals surface area contributed by atoms with Crippen molar-refractivity contribution in [1.82, 2.24) is 40.0 Å². The van der Waals surface area contributed by atoms with Gasteiger partial charge in [0, 0.05) is 19.1 Å². The molecule has 0 spiro atoms. The Kier molecular flexibility index (Phi) is 8.20. The van der Waals surface area contributed by atoms with E-state index in [1.165, 1.54) is 14.2 Å². The molecule has 8 atom stereocenters. The molecule has 284 valence electrons. The molecule has 3 aromatic carbocycles. The van der Waals surface area contributed by atoms with Crippen LogP contribution in [0.25, 0.3) is 33.2 Å². The van der Waals surface area contributed by atoms with Crippen LogP contribution in [0.15, 0.2) is 60.7 Å². The summed E-state index contributed by atoms with van der Waals surface area (Å²) in [4.78, 5) is 71.7. The Labute approximate surface area is 316 Å². The lowest BCUT2D eigenvalue weighted by molar-refractivity contribution is -0.137. The summed E-state index contributed by atoms with van der Waals surface area (Å²) in [7, 11) is 2.70. The van der Waals surface area contributed by atoms with E-state index in [1.807, 2.05) is 70.5 Å². The van der Waals surface area contributed by atoms with Crippen LogP contribution in [0.2, 0.25) is 0 Å². The number of fused-ring (bicyclic) bond motifs is 4. The van der Waals surface area contributed by atoms with Crippen LogP contribution in [0, 0.1) is 11.8 Å². The topological polar surface area (TPSA) is 186 Å². The zero-order valence-corrected chi connectivity index (χ0v) is 30.9. The summed E-state index contributed by atoms with van der Waals surface area (Å²) in [6, 6.07) is 17.8. The minimum atomic E-state index is -1.13. The molecule has 0 radical (unpaired) electrons. The number of aromatic amines is 2. The van der Waals surface area contributed by atoms with Gasteiger partial charge in [0.05, 0.1) is 35.7 Å². The summed E-state index contributed by atoms with van der Waals surface area (Å²) < 4.78 is 11.1. The molecule has 4 N–H and O–H groups in total. The van der Waals surface area contributed by atoms with Crippen molar-refractivity contribution in [3.63, 3.8) is 0 Å². The first kappa shape index (κ1) is 34.6. The van der Waals surface area contributed by atoms with Gasteiger partial charge >= 0.3 is 12.2 Å². The van der Waals surface area contributed by atoms with Gasteiger partial charge in [-0.25, -0.2) is 19.6 Å². The molecule has 9 rings (SSSR count). The van der Waals surface area contributed by atoms with Crippen molar-refractivity contribution in [2.24, 2.45) is 11.8 Å². The Balaban J connectivity index is 0.908. The summed E-state index contributed by atoms with van der Waals surface area (Å²) >= 11 is 0. The van der Waals surface area contributed by atoms with E-state index in [4.69, 9.17) is 19.4 Å². The number of imidazole rings is 2. The molecule has 2 saturated heterocycles. The minimum absolute atomic E-state index is 0.125. The number of para-hydroxylation sites is 1. The SMILES string of the molecule is COC(=O)N[C@@H](C)C(=O)N1[C@@H]2C[C@@H]2C[C@H]1c1nc2c(Oc3ccc(-c4ccc5[nH]c([C@@H]6CC7C[C@H]7N6C(=O)[C@H](C)N(C)C(=O)O)nc5c4)cc3)cccc2[nH]1. The smallest absolute Gasteiger partial charge is 0.407 e. The number of amides is 4. The molecule has 15 heteroatoms. The molecule has 2 aromatic heterocycles. The number of ether oxygens (including phenoxy) is 2. The van der Waals surface area contributed by atoms with Crippen molar-refractivity contribution in [2.45, 2.75) is 75.8 Å². The van der Waals surface area contributed by atoms with Crippen LogP contribution in [-0.4, -0.2) is 102 Å². The van der Waals surface area contributed by atoms with Gasteiger partial charge in [0.25, 0.3) is 0 Å². The standard InChI is InChI=1S/C40H42N8O7/c1-19(41-39(51)54-4)37(49)47-29-15-23(29)18-32(47)36-43-27-6-5-7-33(34(27)45-36)55-25-11-8-21(9-12-25)22-10-13-26-28(14-22)44-35(42-26)31-17-24-16-30(24)48(31)38(50)20(2)46(3)40(52)53/h5-14,19-20,23-24,29-32H,15-18H2,1-4H3,(H,41,51)(H,42,44)(H,43,45)(H,52,53)/t19-,20-,23+,24?,29+,30+,31-,32-/m0/s1. The van der Waals surface area contributed by atoms with E-state index in [1.54, 1.807) is 13.8 Å². The lowest BCUT2D eigenvalue weighted by Crippen LogP contribution is -2.48. The highest BCUT2D eigenvalue weighted by molar-refractivity contribution is 5.88.